The molecule has 2 aromatic rings. The summed E-state index contributed by atoms with van der Waals surface area (Å²) in [5.74, 6) is 1.31. The van der Waals surface area contributed by atoms with Crippen LogP contribution in [0.25, 0.3) is 0 Å². The average Bonchev–Trinajstić information content (AvgIpc) is 2.54. The lowest BCUT2D eigenvalue weighted by atomic mass is 9.90. The molecule has 1 aliphatic rings. The molecule has 0 N–H and O–H groups in total. The molecule has 1 aliphatic heterocycles. The Kier molecular flexibility index (Phi) is 3.75. The Morgan fingerprint density at radius 2 is 2.00 bits per heavy atom. The van der Waals surface area contributed by atoms with Crippen LogP contribution in [-0.4, -0.2) is 18.7 Å². The molecule has 1 atom stereocenters. The molecule has 1 unspecified atom stereocenters. The van der Waals surface area contributed by atoms with Crippen LogP contribution in [0.4, 0.5) is 0 Å². The normalized spacial score (nSPS) is 17.3. The number of fused-ring (bicyclic) bond motifs is 1. The molecule has 3 rings (SSSR count). The van der Waals surface area contributed by atoms with Gasteiger partial charge in [0.1, 0.15) is 5.75 Å². The lowest BCUT2D eigenvalue weighted by Gasteiger charge is -2.23. The van der Waals surface area contributed by atoms with E-state index in [1.54, 1.807) is 7.11 Å². The molecule has 0 saturated carbocycles. The summed E-state index contributed by atoms with van der Waals surface area (Å²) in [5.41, 5.74) is 4.59. The van der Waals surface area contributed by atoms with E-state index in [9.17, 15) is 0 Å². The molecule has 1 heterocycles. The molecular weight excluding hydrogens is 270 g/mol. The van der Waals surface area contributed by atoms with E-state index in [1.165, 1.54) is 11.1 Å². The number of benzene rings is 2. The maximum atomic E-state index is 6.07. The van der Waals surface area contributed by atoms with E-state index >= 15 is 0 Å². The Balaban J connectivity index is 2.03. The first kappa shape index (κ1) is 13.2. The highest BCUT2D eigenvalue weighted by atomic mass is 35.5. The van der Waals surface area contributed by atoms with E-state index in [0.717, 1.165) is 23.4 Å². The van der Waals surface area contributed by atoms with Crippen molar-refractivity contribution in [2.45, 2.75) is 12.5 Å². The highest BCUT2D eigenvalue weighted by Crippen LogP contribution is 2.32. The van der Waals surface area contributed by atoms with Crippen LogP contribution >= 0.6 is 11.6 Å². The van der Waals surface area contributed by atoms with Crippen molar-refractivity contribution in [3.8, 4) is 5.75 Å². The largest absolute Gasteiger partial charge is 0.497 e. The Labute approximate surface area is 124 Å². The molecule has 0 aliphatic carbocycles. The van der Waals surface area contributed by atoms with E-state index in [1.807, 2.05) is 24.3 Å². The maximum Gasteiger partial charge on any atom is 0.119 e. The second-order valence-electron chi connectivity index (χ2n) is 4.86. The van der Waals surface area contributed by atoms with Gasteiger partial charge in [0.05, 0.1) is 24.7 Å². The fraction of sp³-hybridized carbons (Fsp3) is 0.235. The first-order valence-corrected chi connectivity index (χ1v) is 7.20. The molecule has 2 nitrogen and oxygen atoms in total. The Bertz CT molecular complexity index is 637. The van der Waals surface area contributed by atoms with Crippen molar-refractivity contribution in [2.24, 2.45) is 4.99 Å². The zero-order chi connectivity index (χ0) is 13.9. The smallest absolute Gasteiger partial charge is 0.119 e. The minimum atomic E-state index is 0.143. The zero-order valence-electron chi connectivity index (χ0n) is 11.3. The van der Waals surface area contributed by atoms with Gasteiger partial charge in [0.15, 0.2) is 0 Å². The first-order chi connectivity index (χ1) is 9.81. The van der Waals surface area contributed by atoms with Crippen LogP contribution in [0.1, 0.15) is 22.7 Å². The van der Waals surface area contributed by atoms with Crippen LogP contribution < -0.4 is 4.74 Å². The number of alkyl halides is 1. The summed E-state index contributed by atoms with van der Waals surface area (Å²) in [5, 5.41) is 0. The number of hydrogen-bond donors (Lipinski definition) is 0. The van der Waals surface area contributed by atoms with Gasteiger partial charge in [-0.15, -0.1) is 11.6 Å². The van der Waals surface area contributed by atoms with Crippen LogP contribution in [0.15, 0.2) is 53.5 Å². The highest BCUT2D eigenvalue weighted by Gasteiger charge is 2.22. The van der Waals surface area contributed by atoms with Crippen molar-refractivity contribution in [1.82, 2.24) is 0 Å². The van der Waals surface area contributed by atoms with Crippen LogP contribution in [0.5, 0.6) is 5.75 Å². The van der Waals surface area contributed by atoms with Gasteiger partial charge in [-0.05, 0) is 35.7 Å². The van der Waals surface area contributed by atoms with Crippen molar-refractivity contribution in [3.63, 3.8) is 0 Å². The summed E-state index contributed by atoms with van der Waals surface area (Å²) in [4.78, 5) is 4.81. The van der Waals surface area contributed by atoms with Crippen molar-refractivity contribution in [3.05, 3.63) is 65.2 Å². The van der Waals surface area contributed by atoms with E-state index in [4.69, 9.17) is 21.3 Å². The third-order valence-electron chi connectivity index (χ3n) is 3.66. The second kappa shape index (κ2) is 5.68. The van der Waals surface area contributed by atoms with Gasteiger partial charge in [-0.3, -0.25) is 4.99 Å². The predicted octanol–water partition coefficient (Wildman–Crippen LogP) is 4.02. The van der Waals surface area contributed by atoms with Gasteiger partial charge in [0.25, 0.3) is 0 Å². The van der Waals surface area contributed by atoms with Gasteiger partial charge in [-0.25, -0.2) is 0 Å². The Morgan fingerprint density at radius 3 is 2.70 bits per heavy atom. The van der Waals surface area contributed by atoms with Crippen LogP contribution in [0, 0.1) is 0 Å². The molecule has 0 spiro atoms. The molecule has 0 fully saturated rings. The van der Waals surface area contributed by atoms with Gasteiger partial charge in [-0.2, -0.15) is 0 Å². The van der Waals surface area contributed by atoms with Gasteiger partial charge in [-0.1, -0.05) is 30.3 Å². The molecule has 0 amide bonds. The molecule has 20 heavy (non-hydrogen) atoms. The summed E-state index contributed by atoms with van der Waals surface area (Å²) < 4.78 is 5.32. The van der Waals surface area contributed by atoms with Crippen LogP contribution in [-0.2, 0) is 6.42 Å². The van der Waals surface area contributed by atoms with Gasteiger partial charge in [0, 0.05) is 5.56 Å². The summed E-state index contributed by atoms with van der Waals surface area (Å²) in [6.45, 7) is 0. The number of methoxy groups -OCH3 is 1. The molecule has 0 saturated heterocycles. The number of hydrogen-bond acceptors (Lipinski definition) is 2. The summed E-state index contributed by atoms with van der Waals surface area (Å²) in [7, 11) is 1.69. The Hall–Kier alpha value is -1.80. The maximum absolute atomic E-state index is 6.07. The quantitative estimate of drug-likeness (QED) is 0.781. The lowest BCUT2D eigenvalue weighted by Crippen LogP contribution is -2.17. The number of nitrogens with zero attached hydrogens (tertiary/aromatic N) is 1. The molecule has 3 heteroatoms. The van der Waals surface area contributed by atoms with Crippen LogP contribution in [0.2, 0.25) is 0 Å². The zero-order valence-corrected chi connectivity index (χ0v) is 12.1. The van der Waals surface area contributed by atoms with Crippen molar-refractivity contribution in [1.29, 1.82) is 0 Å². The molecule has 102 valence electrons. The molecular formula is C17H16ClNO. The molecule has 2 aromatic carbocycles. The minimum Gasteiger partial charge on any atom is -0.497 e. The number of aliphatic imine (C=N–C) groups is 1. The SMILES string of the molecule is COc1ccc2c(c1)CC(c1ccccc1)N=C2CCl. The van der Waals surface area contributed by atoms with E-state index in [0.29, 0.717) is 5.88 Å². The van der Waals surface area contributed by atoms with Crippen molar-refractivity contribution < 1.29 is 4.74 Å². The first-order valence-electron chi connectivity index (χ1n) is 6.66. The summed E-state index contributed by atoms with van der Waals surface area (Å²) in [6, 6.07) is 16.6. The molecule has 0 radical (unpaired) electrons. The van der Waals surface area contributed by atoms with Crippen molar-refractivity contribution in [2.75, 3.05) is 13.0 Å². The molecule has 0 aromatic heterocycles. The van der Waals surface area contributed by atoms with Gasteiger partial charge < -0.3 is 4.74 Å². The fourth-order valence-corrected chi connectivity index (χ4v) is 2.85. The predicted molar refractivity (Wildman–Crippen MR) is 83.1 cm³/mol. The van der Waals surface area contributed by atoms with Crippen molar-refractivity contribution >= 4 is 17.3 Å². The Morgan fingerprint density at radius 1 is 1.20 bits per heavy atom. The third kappa shape index (κ3) is 2.44. The second-order valence-corrected chi connectivity index (χ2v) is 5.13. The van der Waals surface area contributed by atoms with Crippen LogP contribution in [0.3, 0.4) is 0 Å². The minimum absolute atomic E-state index is 0.143. The molecule has 0 bridgehead atoms. The van der Waals surface area contributed by atoms with Gasteiger partial charge >= 0.3 is 0 Å². The third-order valence-corrected chi connectivity index (χ3v) is 3.91. The highest BCUT2D eigenvalue weighted by molar-refractivity contribution is 6.32. The summed E-state index contributed by atoms with van der Waals surface area (Å²) >= 11 is 6.07. The number of ether oxygens (including phenoxy) is 1. The van der Waals surface area contributed by atoms with E-state index in [-0.39, 0.29) is 6.04 Å². The lowest BCUT2D eigenvalue weighted by molar-refractivity contribution is 0.414. The standard InChI is InChI=1S/C17H16ClNO/c1-20-14-7-8-15-13(9-14)10-16(19-17(15)11-18)12-5-3-2-4-6-12/h2-9,16H,10-11H2,1H3. The number of rotatable bonds is 3. The topological polar surface area (TPSA) is 21.6 Å². The monoisotopic (exact) mass is 285 g/mol. The average molecular weight is 286 g/mol. The van der Waals surface area contributed by atoms with E-state index < -0.39 is 0 Å². The summed E-state index contributed by atoms with van der Waals surface area (Å²) in [6.07, 6.45) is 0.886. The fourth-order valence-electron chi connectivity index (χ4n) is 2.63. The van der Waals surface area contributed by atoms with E-state index in [2.05, 4.69) is 24.3 Å². The number of halogens is 1. The van der Waals surface area contributed by atoms with Gasteiger partial charge in [0.2, 0.25) is 0 Å².